The average Bonchev–Trinajstić information content (AvgIpc) is 2.17. The Balaban J connectivity index is 2.17. The maximum absolute atomic E-state index is 11.8. The summed E-state index contributed by atoms with van der Waals surface area (Å²) in [6.45, 7) is 1.00. The number of nitrogens with one attached hydrogen (secondary N) is 2. The average molecular weight is 226 g/mol. The second-order valence-electron chi connectivity index (χ2n) is 3.22. The van der Waals surface area contributed by atoms with Crippen molar-refractivity contribution in [2.75, 3.05) is 26.2 Å². The molecule has 0 aliphatic carbocycles. The third-order valence-corrected chi connectivity index (χ3v) is 1.93. The Morgan fingerprint density at radius 2 is 2.27 bits per heavy atom. The van der Waals surface area contributed by atoms with Gasteiger partial charge in [0.15, 0.2) is 0 Å². The molecule has 1 aliphatic heterocycles. The minimum atomic E-state index is -4.24. The van der Waals surface area contributed by atoms with Gasteiger partial charge in [-0.25, -0.2) is 0 Å². The van der Waals surface area contributed by atoms with Crippen molar-refractivity contribution >= 4 is 5.91 Å². The van der Waals surface area contributed by atoms with Crippen molar-refractivity contribution in [3.63, 3.8) is 0 Å². The van der Waals surface area contributed by atoms with E-state index in [1.54, 1.807) is 0 Å². The molecule has 88 valence electrons. The van der Waals surface area contributed by atoms with Gasteiger partial charge in [0.25, 0.3) is 0 Å². The van der Waals surface area contributed by atoms with Crippen molar-refractivity contribution in [3.8, 4) is 0 Å². The molecule has 0 radical (unpaired) electrons. The zero-order chi connectivity index (χ0) is 11.3. The number of alkyl halides is 3. The fourth-order valence-electron chi connectivity index (χ4n) is 1.18. The van der Waals surface area contributed by atoms with E-state index in [2.05, 4.69) is 10.6 Å². The fraction of sp³-hybridized carbons (Fsp3) is 0.875. The molecule has 1 atom stereocenters. The lowest BCUT2D eigenvalue weighted by atomic mass is 10.3. The Morgan fingerprint density at radius 1 is 1.53 bits per heavy atom. The summed E-state index contributed by atoms with van der Waals surface area (Å²) in [4.78, 5) is 11.2. The van der Waals surface area contributed by atoms with Gasteiger partial charge in [0, 0.05) is 19.6 Å². The van der Waals surface area contributed by atoms with Crippen LogP contribution in [0.2, 0.25) is 0 Å². The largest absolute Gasteiger partial charge is 0.390 e. The third kappa shape index (κ3) is 4.98. The van der Waals surface area contributed by atoms with Gasteiger partial charge in [0.1, 0.15) is 6.10 Å². The van der Waals surface area contributed by atoms with Crippen LogP contribution in [0.1, 0.15) is 6.42 Å². The fourth-order valence-corrected chi connectivity index (χ4v) is 1.18. The van der Waals surface area contributed by atoms with Crippen LogP contribution < -0.4 is 10.6 Å². The first-order valence-electron chi connectivity index (χ1n) is 4.66. The maximum Gasteiger partial charge on any atom is 0.390 e. The molecule has 0 aromatic carbocycles. The Labute approximate surface area is 85.2 Å². The first-order valence-corrected chi connectivity index (χ1v) is 4.66. The minimum Gasteiger partial charge on any atom is -0.366 e. The molecule has 1 amide bonds. The number of carbonyl (C=O) groups is 1. The molecule has 4 nitrogen and oxygen atoms in total. The molecule has 0 aromatic rings. The summed E-state index contributed by atoms with van der Waals surface area (Å²) in [6.07, 6.45) is -5.93. The quantitative estimate of drug-likeness (QED) is 0.714. The monoisotopic (exact) mass is 226 g/mol. The Hall–Kier alpha value is -0.820. The molecular weight excluding hydrogens is 213 g/mol. The number of ether oxygens (including phenoxy) is 1. The number of hydrogen-bond donors (Lipinski definition) is 2. The van der Waals surface area contributed by atoms with E-state index in [1.807, 2.05) is 0 Å². The lowest BCUT2D eigenvalue weighted by molar-refractivity contribution is -0.140. The molecule has 0 saturated carbocycles. The molecule has 0 spiro atoms. The summed E-state index contributed by atoms with van der Waals surface area (Å²) in [5, 5.41) is 5.10. The molecule has 1 saturated heterocycles. The SMILES string of the molecule is O=C(NCCC(F)(F)F)[C@@H]1CNCCO1. The van der Waals surface area contributed by atoms with Gasteiger partial charge in [0.05, 0.1) is 13.0 Å². The van der Waals surface area contributed by atoms with Crippen LogP contribution in [0.5, 0.6) is 0 Å². The number of rotatable bonds is 3. The molecule has 15 heavy (non-hydrogen) atoms. The summed E-state index contributed by atoms with van der Waals surface area (Å²) < 4.78 is 40.3. The molecule has 0 bridgehead atoms. The smallest absolute Gasteiger partial charge is 0.366 e. The normalized spacial score (nSPS) is 22.5. The van der Waals surface area contributed by atoms with Crippen LogP contribution in [0.25, 0.3) is 0 Å². The third-order valence-electron chi connectivity index (χ3n) is 1.93. The molecule has 0 unspecified atom stereocenters. The molecule has 0 aromatic heterocycles. The van der Waals surface area contributed by atoms with Gasteiger partial charge >= 0.3 is 6.18 Å². The van der Waals surface area contributed by atoms with Crippen LogP contribution in [-0.4, -0.2) is 44.4 Å². The van der Waals surface area contributed by atoms with E-state index < -0.39 is 31.2 Å². The van der Waals surface area contributed by atoms with Crippen molar-refractivity contribution in [1.82, 2.24) is 10.6 Å². The molecular formula is C8H13F3N2O2. The van der Waals surface area contributed by atoms with E-state index in [0.29, 0.717) is 19.7 Å². The molecule has 7 heteroatoms. The van der Waals surface area contributed by atoms with Gasteiger partial charge in [-0.15, -0.1) is 0 Å². The van der Waals surface area contributed by atoms with E-state index in [-0.39, 0.29) is 0 Å². The van der Waals surface area contributed by atoms with Crippen LogP contribution in [0.3, 0.4) is 0 Å². The second-order valence-corrected chi connectivity index (χ2v) is 3.22. The predicted octanol–water partition coefficient (Wildman–Crippen LogP) is 0.0434. The van der Waals surface area contributed by atoms with Gasteiger partial charge in [0.2, 0.25) is 5.91 Å². The Kier molecular flexibility index (Phi) is 4.34. The van der Waals surface area contributed by atoms with Crippen LogP contribution in [0.4, 0.5) is 13.2 Å². The van der Waals surface area contributed by atoms with E-state index in [9.17, 15) is 18.0 Å². The molecule has 1 aliphatic rings. The summed E-state index contributed by atoms with van der Waals surface area (Å²) in [5.74, 6) is -0.494. The van der Waals surface area contributed by atoms with Gasteiger partial charge < -0.3 is 15.4 Å². The first kappa shape index (κ1) is 12.3. The topological polar surface area (TPSA) is 50.4 Å². The highest BCUT2D eigenvalue weighted by Gasteiger charge is 2.28. The van der Waals surface area contributed by atoms with Gasteiger partial charge in [-0.05, 0) is 0 Å². The van der Waals surface area contributed by atoms with E-state index in [1.165, 1.54) is 0 Å². The minimum absolute atomic E-state index is 0.345. The highest BCUT2D eigenvalue weighted by molar-refractivity contribution is 5.81. The van der Waals surface area contributed by atoms with Crippen molar-refractivity contribution in [3.05, 3.63) is 0 Å². The lowest BCUT2D eigenvalue weighted by Crippen LogP contribution is -2.48. The molecule has 1 rings (SSSR count). The van der Waals surface area contributed by atoms with Crippen LogP contribution in [0.15, 0.2) is 0 Å². The number of halogens is 3. The summed E-state index contributed by atoms with van der Waals surface area (Å²) >= 11 is 0. The van der Waals surface area contributed by atoms with Crippen LogP contribution >= 0.6 is 0 Å². The lowest BCUT2D eigenvalue weighted by Gasteiger charge is -2.22. The van der Waals surface area contributed by atoms with Gasteiger partial charge in [-0.2, -0.15) is 13.2 Å². The molecule has 2 N–H and O–H groups in total. The zero-order valence-electron chi connectivity index (χ0n) is 8.06. The zero-order valence-corrected chi connectivity index (χ0v) is 8.06. The van der Waals surface area contributed by atoms with Crippen molar-refractivity contribution < 1.29 is 22.7 Å². The predicted molar refractivity (Wildman–Crippen MR) is 46.3 cm³/mol. The molecule has 1 heterocycles. The first-order chi connectivity index (χ1) is 6.99. The van der Waals surface area contributed by atoms with Gasteiger partial charge in [-0.1, -0.05) is 0 Å². The number of carbonyl (C=O) groups excluding carboxylic acids is 1. The van der Waals surface area contributed by atoms with Crippen molar-refractivity contribution in [1.29, 1.82) is 0 Å². The van der Waals surface area contributed by atoms with Crippen molar-refractivity contribution in [2.45, 2.75) is 18.7 Å². The van der Waals surface area contributed by atoms with Gasteiger partial charge in [-0.3, -0.25) is 4.79 Å². The molecule has 1 fully saturated rings. The van der Waals surface area contributed by atoms with Crippen LogP contribution in [-0.2, 0) is 9.53 Å². The van der Waals surface area contributed by atoms with E-state index >= 15 is 0 Å². The maximum atomic E-state index is 11.8. The second kappa shape index (κ2) is 5.32. The van der Waals surface area contributed by atoms with E-state index in [0.717, 1.165) is 0 Å². The van der Waals surface area contributed by atoms with Crippen molar-refractivity contribution in [2.24, 2.45) is 0 Å². The highest BCUT2D eigenvalue weighted by atomic mass is 19.4. The number of hydrogen-bond acceptors (Lipinski definition) is 3. The number of amides is 1. The summed E-state index contributed by atoms with van der Waals surface area (Å²) in [6, 6.07) is 0. The Morgan fingerprint density at radius 3 is 2.80 bits per heavy atom. The number of morpholine rings is 1. The summed E-state index contributed by atoms with van der Waals surface area (Å²) in [7, 11) is 0. The standard InChI is InChI=1S/C8H13F3N2O2/c9-8(10,11)1-2-13-7(14)6-5-12-3-4-15-6/h6,12H,1-5H2,(H,13,14)/t6-/m0/s1. The summed E-state index contributed by atoms with van der Waals surface area (Å²) in [5.41, 5.74) is 0. The Bertz CT molecular complexity index is 214. The van der Waals surface area contributed by atoms with E-state index in [4.69, 9.17) is 4.74 Å². The van der Waals surface area contributed by atoms with Crippen LogP contribution in [0, 0.1) is 0 Å². The highest BCUT2D eigenvalue weighted by Crippen LogP contribution is 2.18.